The molecule has 0 saturated heterocycles. The Kier molecular flexibility index (Phi) is 5.11. The quantitative estimate of drug-likeness (QED) is 0.534. The topological polar surface area (TPSA) is 0 Å². The highest BCUT2D eigenvalue weighted by Gasteiger charge is 2.13. The largest absolute Gasteiger partial charge is 0.0805 e. The molecule has 0 spiro atoms. The smallest absolute Gasteiger partial charge is 0.0184 e. The maximum absolute atomic E-state index is 2.44. The van der Waals surface area contributed by atoms with Crippen LogP contribution in [0.2, 0.25) is 0 Å². The molecule has 134 valence electrons. The SMILES string of the molecule is CC1CC=C(c2ccc(-c3ccc(C4=CCC(C)CC4)cc3)cc2)CC1. The van der Waals surface area contributed by atoms with Crippen LogP contribution in [0.25, 0.3) is 22.3 Å². The van der Waals surface area contributed by atoms with Crippen LogP contribution < -0.4 is 0 Å². The summed E-state index contributed by atoms with van der Waals surface area (Å²) >= 11 is 0. The van der Waals surface area contributed by atoms with Gasteiger partial charge in [-0.1, -0.05) is 74.5 Å². The Morgan fingerprint density at radius 2 is 0.885 bits per heavy atom. The second-order valence-electron chi connectivity index (χ2n) is 8.37. The van der Waals surface area contributed by atoms with Gasteiger partial charge in [-0.2, -0.15) is 0 Å². The maximum atomic E-state index is 2.44. The van der Waals surface area contributed by atoms with Crippen LogP contribution in [0.5, 0.6) is 0 Å². The molecule has 0 aliphatic heterocycles. The van der Waals surface area contributed by atoms with Gasteiger partial charge in [0.2, 0.25) is 0 Å². The highest BCUT2D eigenvalue weighted by atomic mass is 14.2. The lowest BCUT2D eigenvalue weighted by Gasteiger charge is -2.19. The van der Waals surface area contributed by atoms with E-state index in [-0.39, 0.29) is 0 Å². The van der Waals surface area contributed by atoms with E-state index in [1.165, 1.54) is 71.9 Å². The molecular weight excluding hydrogens is 312 g/mol. The van der Waals surface area contributed by atoms with Crippen LogP contribution in [0.4, 0.5) is 0 Å². The summed E-state index contributed by atoms with van der Waals surface area (Å²) in [5.41, 5.74) is 8.50. The van der Waals surface area contributed by atoms with Crippen LogP contribution in [0.3, 0.4) is 0 Å². The number of rotatable bonds is 3. The first-order valence-electron chi connectivity index (χ1n) is 10.3. The third kappa shape index (κ3) is 3.85. The Hall–Kier alpha value is -2.08. The van der Waals surface area contributed by atoms with Gasteiger partial charge >= 0.3 is 0 Å². The molecule has 2 aliphatic carbocycles. The predicted octanol–water partition coefficient (Wildman–Crippen LogP) is 7.76. The first-order valence-corrected chi connectivity index (χ1v) is 10.3. The van der Waals surface area contributed by atoms with Gasteiger partial charge in [0.1, 0.15) is 0 Å². The summed E-state index contributed by atoms with van der Waals surface area (Å²) in [4.78, 5) is 0. The van der Waals surface area contributed by atoms with Crippen molar-refractivity contribution in [2.75, 3.05) is 0 Å². The standard InChI is InChI=1S/C26H30/c1-19-3-7-21(8-4-19)23-11-15-25(16-12-23)26-17-13-24(14-18-26)22-9-5-20(2)6-10-22/h7,9,11-20H,3-6,8,10H2,1-2H3. The lowest BCUT2D eigenvalue weighted by atomic mass is 9.86. The monoisotopic (exact) mass is 342 g/mol. The first kappa shape index (κ1) is 17.3. The van der Waals surface area contributed by atoms with Crippen molar-refractivity contribution in [3.05, 3.63) is 71.8 Å². The van der Waals surface area contributed by atoms with Gasteiger partial charge in [0.15, 0.2) is 0 Å². The van der Waals surface area contributed by atoms with E-state index in [0.717, 1.165) is 11.8 Å². The zero-order valence-electron chi connectivity index (χ0n) is 16.2. The fraction of sp³-hybridized carbons (Fsp3) is 0.385. The van der Waals surface area contributed by atoms with Crippen molar-refractivity contribution < 1.29 is 0 Å². The van der Waals surface area contributed by atoms with Crippen molar-refractivity contribution in [1.29, 1.82) is 0 Å². The summed E-state index contributed by atoms with van der Waals surface area (Å²) in [7, 11) is 0. The van der Waals surface area contributed by atoms with Gasteiger partial charge in [0, 0.05) is 0 Å². The number of hydrogen-bond donors (Lipinski definition) is 0. The van der Waals surface area contributed by atoms with Gasteiger partial charge < -0.3 is 0 Å². The Morgan fingerprint density at radius 1 is 0.538 bits per heavy atom. The zero-order chi connectivity index (χ0) is 17.9. The van der Waals surface area contributed by atoms with Crippen molar-refractivity contribution in [2.45, 2.75) is 52.4 Å². The van der Waals surface area contributed by atoms with E-state index in [4.69, 9.17) is 0 Å². The fourth-order valence-corrected chi connectivity index (χ4v) is 4.21. The van der Waals surface area contributed by atoms with Crippen molar-refractivity contribution in [3.8, 4) is 11.1 Å². The second kappa shape index (κ2) is 7.66. The van der Waals surface area contributed by atoms with Crippen LogP contribution in [-0.4, -0.2) is 0 Å². The number of allylic oxidation sites excluding steroid dienone is 4. The number of benzene rings is 2. The van der Waals surface area contributed by atoms with E-state index in [9.17, 15) is 0 Å². The molecule has 4 rings (SSSR count). The van der Waals surface area contributed by atoms with Crippen LogP contribution >= 0.6 is 0 Å². The van der Waals surface area contributed by atoms with E-state index in [1.54, 1.807) is 0 Å². The van der Waals surface area contributed by atoms with Gasteiger partial charge in [-0.25, -0.2) is 0 Å². The minimum Gasteiger partial charge on any atom is -0.0805 e. The molecule has 0 amide bonds. The lowest BCUT2D eigenvalue weighted by molar-refractivity contribution is 0.534. The summed E-state index contributed by atoms with van der Waals surface area (Å²) in [6, 6.07) is 18.3. The fourth-order valence-electron chi connectivity index (χ4n) is 4.21. The summed E-state index contributed by atoms with van der Waals surface area (Å²) in [5.74, 6) is 1.69. The Balaban J connectivity index is 1.49. The average Bonchev–Trinajstić information content (AvgIpc) is 2.70. The van der Waals surface area contributed by atoms with Crippen molar-refractivity contribution in [3.63, 3.8) is 0 Å². The Labute approximate surface area is 158 Å². The van der Waals surface area contributed by atoms with Crippen LogP contribution in [-0.2, 0) is 0 Å². The van der Waals surface area contributed by atoms with Crippen LogP contribution in [0.15, 0.2) is 60.7 Å². The minimum absolute atomic E-state index is 0.846. The van der Waals surface area contributed by atoms with Gasteiger partial charge in [0.05, 0.1) is 0 Å². The van der Waals surface area contributed by atoms with Gasteiger partial charge in [-0.05, 0) is 83.8 Å². The highest BCUT2D eigenvalue weighted by Crippen LogP contribution is 2.33. The number of hydrogen-bond acceptors (Lipinski definition) is 0. The van der Waals surface area contributed by atoms with Crippen molar-refractivity contribution in [1.82, 2.24) is 0 Å². The van der Waals surface area contributed by atoms with Crippen molar-refractivity contribution in [2.24, 2.45) is 11.8 Å². The van der Waals surface area contributed by atoms with Crippen molar-refractivity contribution >= 4 is 11.1 Å². The molecule has 2 aromatic carbocycles. The molecule has 26 heavy (non-hydrogen) atoms. The molecular formula is C26H30. The summed E-state index contributed by atoms with van der Waals surface area (Å²) < 4.78 is 0. The minimum atomic E-state index is 0.846. The van der Waals surface area contributed by atoms with Crippen LogP contribution in [0, 0.1) is 11.8 Å². The van der Waals surface area contributed by atoms with Gasteiger partial charge in [-0.3, -0.25) is 0 Å². The molecule has 2 atom stereocenters. The molecule has 0 N–H and O–H groups in total. The Morgan fingerprint density at radius 3 is 1.19 bits per heavy atom. The predicted molar refractivity (Wildman–Crippen MR) is 114 cm³/mol. The first-order chi connectivity index (χ1) is 12.7. The van der Waals surface area contributed by atoms with Crippen LogP contribution in [0.1, 0.15) is 63.5 Å². The van der Waals surface area contributed by atoms with E-state index in [1.807, 2.05) is 0 Å². The van der Waals surface area contributed by atoms with E-state index in [2.05, 4.69) is 74.5 Å². The Bertz CT molecular complexity index is 731. The summed E-state index contributed by atoms with van der Waals surface area (Å²) in [6.07, 6.45) is 12.4. The van der Waals surface area contributed by atoms with Gasteiger partial charge in [-0.15, -0.1) is 0 Å². The molecule has 2 unspecified atom stereocenters. The van der Waals surface area contributed by atoms with E-state index >= 15 is 0 Å². The average molecular weight is 343 g/mol. The van der Waals surface area contributed by atoms with E-state index in [0.29, 0.717) is 0 Å². The summed E-state index contributed by atoms with van der Waals surface area (Å²) in [6.45, 7) is 4.70. The molecule has 0 radical (unpaired) electrons. The molecule has 0 bridgehead atoms. The molecule has 0 heteroatoms. The third-order valence-electron chi connectivity index (χ3n) is 6.19. The highest BCUT2D eigenvalue weighted by molar-refractivity contribution is 5.73. The van der Waals surface area contributed by atoms with Gasteiger partial charge in [0.25, 0.3) is 0 Å². The molecule has 2 aromatic rings. The lowest BCUT2D eigenvalue weighted by Crippen LogP contribution is -2.01. The normalized spacial score (nSPS) is 23.3. The third-order valence-corrected chi connectivity index (χ3v) is 6.19. The molecule has 0 saturated carbocycles. The molecule has 0 aromatic heterocycles. The molecule has 2 aliphatic rings. The maximum Gasteiger partial charge on any atom is -0.0184 e. The molecule has 0 nitrogen and oxygen atoms in total. The summed E-state index contributed by atoms with van der Waals surface area (Å²) in [5, 5.41) is 0. The molecule has 0 fully saturated rings. The zero-order valence-corrected chi connectivity index (χ0v) is 16.2. The molecule has 0 heterocycles. The van der Waals surface area contributed by atoms with E-state index < -0.39 is 0 Å². The second-order valence-corrected chi connectivity index (χ2v) is 8.37.